The number of carboxylic acids is 1. The van der Waals surface area contributed by atoms with Crippen LogP contribution in [0.2, 0.25) is 0 Å². The number of rotatable bonds is 7. The standard InChI is InChI=1S/C13H23NO4/c1-2-3-4-12(15)14-8-5-11(6-9-14)18-10-7-13(16)17/h11H,2-10H2,1H3,(H,16,17). The van der Waals surface area contributed by atoms with Gasteiger partial charge in [-0.05, 0) is 19.3 Å². The zero-order valence-electron chi connectivity index (χ0n) is 11.1. The predicted octanol–water partition coefficient (Wildman–Crippen LogP) is 1.66. The van der Waals surface area contributed by atoms with Crippen molar-refractivity contribution in [3.63, 3.8) is 0 Å². The summed E-state index contributed by atoms with van der Waals surface area (Å²) >= 11 is 0. The summed E-state index contributed by atoms with van der Waals surface area (Å²) in [6, 6.07) is 0. The molecule has 1 N–H and O–H groups in total. The monoisotopic (exact) mass is 257 g/mol. The molecule has 1 saturated heterocycles. The molecule has 104 valence electrons. The number of aliphatic carboxylic acids is 1. The van der Waals surface area contributed by atoms with Crippen LogP contribution in [0.3, 0.4) is 0 Å². The highest BCUT2D eigenvalue weighted by Crippen LogP contribution is 2.15. The second-order valence-corrected chi connectivity index (χ2v) is 4.70. The summed E-state index contributed by atoms with van der Waals surface area (Å²) in [6.07, 6.45) is 4.43. The van der Waals surface area contributed by atoms with E-state index in [2.05, 4.69) is 6.92 Å². The number of hydrogen-bond donors (Lipinski definition) is 1. The number of hydrogen-bond acceptors (Lipinski definition) is 3. The third-order valence-corrected chi connectivity index (χ3v) is 3.21. The van der Waals surface area contributed by atoms with Gasteiger partial charge in [-0.25, -0.2) is 0 Å². The minimum Gasteiger partial charge on any atom is -0.481 e. The first-order valence-corrected chi connectivity index (χ1v) is 6.74. The summed E-state index contributed by atoms with van der Waals surface area (Å²) in [5.74, 6) is -0.594. The van der Waals surface area contributed by atoms with Gasteiger partial charge in [0.15, 0.2) is 0 Å². The van der Waals surface area contributed by atoms with Crippen molar-refractivity contribution >= 4 is 11.9 Å². The van der Waals surface area contributed by atoms with Crippen molar-refractivity contribution in [3.05, 3.63) is 0 Å². The normalized spacial score (nSPS) is 16.8. The number of carbonyl (C=O) groups is 2. The van der Waals surface area contributed by atoms with E-state index in [0.29, 0.717) is 6.42 Å². The number of ether oxygens (including phenoxy) is 1. The number of nitrogens with zero attached hydrogens (tertiary/aromatic N) is 1. The Balaban J connectivity index is 2.16. The summed E-state index contributed by atoms with van der Waals surface area (Å²) in [4.78, 5) is 24.0. The molecule has 0 spiro atoms. The van der Waals surface area contributed by atoms with Crippen LogP contribution >= 0.6 is 0 Å². The minimum atomic E-state index is -0.831. The van der Waals surface area contributed by atoms with Gasteiger partial charge >= 0.3 is 5.97 Å². The lowest BCUT2D eigenvalue weighted by atomic mass is 10.1. The molecule has 0 bridgehead atoms. The molecule has 0 aromatic carbocycles. The first-order chi connectivity index (χ1) is 8.63. The Morgan fingerprint density at radius 2 is 1.94 bits per heavy atom. The Labute approximate surface area is 108 Å². The number of carboxylic acid groups (broad SMARTS) is 1. The first-order valence-electron chi connectivity index (χ1n) is 6.74. The smallest absolute Gasteiger partial charge is 0.305 e. The predicted molar refractivity (Wildman–Crippen MR) is 67.3 cm³/mol. The largest absolute Gasteiger partial charge is 0.481 e. The fraction of sp³-hybridized carbons (Fsp3) is 0.846. The van der Waals surface area contributed by atoms with Crippen LogP contribution in [-0.2, 0) is 14.3 Å². The van der Waals surface area contributed by atoms with E-state index < -0.39 is 5.97 Å². The zero-order valence-corrected chi connectivity index (χ0v) is 11.1. The summed E-state index contributed by atoms with van der Waals surface area (Å²) in [5.41, 5.74) is 0. The maximum absolute atomic E-state index is 11.8. The topological polar surface area (TPSA) is 66.8 Å². The van der Waals surface area contributed by atoms with E-state index >= 15 is 0 Å². The highest BCUT2D eigenvalue weighted by Gasteiger charge is 2.22. The van der Waals surface area contributed by atoms with Crippen molar-refractivity contribution in [3.8, 4) is 0 Å². The highest BCUT2D eigenvalue weighted by atomic mass is 16.5. The first kappa shape index (κ1) is 15.0. The van der Waals surface area contributed by atoms with Crippen LogP contribution in [-0.4, -0.2) is 47.7 Å². The Morgan fingerprint density at radius 1 is 1.28 bits per heavy atom. The second-order valence-electron chi connectivity index (χ2n) is 4.70. The molecule has 1 aliphatic heterocycles. The van der Waals surface area contributed by atoms with Crippen molar-refractivity contribution < 1.29 is 19.4 Å². The molecule has 0 aromatic heterocycles. The molecular formula is C13H23NO4. The van der Waals surface area contributed by atoms with Crippen LogP contribution in [0.15, 0.2) is 0 Å². The van der Waals surface area contributed by atoms with Gasteiger partial charge in [0, 0.05) is 19.5 Å². The van der Waals surface area contributed by atoms with Crippen LogP contribution in [0.5, 0.6) is 0 Å². The maximum Gasteiger partial charge on any atom is 0.305 e. The molecule has 18 heavy (non-hydrogen) atoms. The molecular weight excluding hydrogens is 234 g/mol. The molecule has 1 amide bonds. The number of piperidine rings is 1. The Kier molecular flexibility index (Phi) is 6.72. The number of carbonyl (C=O) groups excluding carboxylic acids is 1. The summed E-state index contributed by atoms with van der Waals surface area (Å²) in [6.45, 7) is 3.82. The molecule has 5 nitrogen and oxygen atoms in total. The number of unbranched alkanes of at least 4 members (excludes halogenated alkanes) is 1. The van der Waals surface area contributed by atoms with Gasteiger partial charge in [-0.15, -0.1) is 0 Å². The second kappa shape index (κ2) is 8.08. The van der Waals surface area contributed by atoms with Gasteiger partial charge in [0.2, 0.25) is 5.91 Å². The van der Waals surface area contributed by atoms with Crippen LogP contribution in [0.1, 0.15) is 45.4 Å². The molecule has 1 aliphatic rings. The molecule has 1 fully saturated rings. The lowest BCUT2D eigenvalue weighted by Crippen LogP contribution is -2.40. The van der Waals surface area contributed by atoms with Crippen molar-refractivity contribution in [2.24, 2.45) is 0 Å². The average molecular weight is 257 g/mol. The SMILES string of the molecule is CCCCC(=O)N1CCC(OCCC(=O)O)CC1. The molecule has 0 saturated carbocycles. The van der Waals surface area contributed by atoms with E-state index in [4.69, 9.17) is 9.84 Å². The van der Waals surface area contributed by atoms with E-state index in [1.54, 1.807) is 0 Å². The van der Waals surface area contributed by atoms with Gasteiger partial charge in [-0.2, -0.15) is 0 Å². The number of likely N-dealkylation sites (tertiary alicyclic amines) is 1. The van der Waals surface area contributed by atoms with Crippen LogP contribution in [0.25, 0.3) is 0 Å². The van der Waals surface area contributed by atoms with Crippen molar-refractivity contribution in [1.29, 1.82) is 0 Å². The van der Waals surface area contributed by atoms with E-state index in [0.717, 1.165) is 38.8 Å². The number of amides is 1. The van der Waals surface area contributed by atoms with Gasteiger partial charge < -0.3 is 14.7 Å². The maximum atomic E-state index is 11.8. The third kappa shape index (κ3) is 5.49. The third-order valence-electron chi connectivity index (χ3n) is 3.21. The molecule has 0 aliphatic carbocycles. The van der Waals surface area contributed by atoms with Gasteiger partial charge in [0.05, 0.1) is 19.1 Å². The quantitative estimate of drug-likeness (QED) is 0.753. The zero-order chi connectivity index (χ0) is 13.4. The average Bonchev–Trinajstić information content (AvgIpc) is 2.36. The van der Waals surface area contributed by atoms with Crippen molar-refractivity contribution in [2.45, 2.75) is 51.6 Å². The Hall–Kier alpha value is -1.10. The summed E-state index contributed by atoms with van der Waals surface area (Å²) in [5, 5.41) is 8.51. The summed E-state index contributed by atoms with van der Waals surface area (Å²) < 4.78 is 5.48. The van der Waals surface area contributed by atoms with Gasteiger partial charge in [-0.1, -0.05) is 13.3 Å². The molecule has 0 radical (unpaired) electrons. The fourth-order valence-corrected chi connectivity index (χ4v) is 2.07. The Bertz CT molecular complexity index is 272. The van der Waals surface area contributed by atoms with Gasteiger partial charge in [0.1, 0.15) is 0 Å². The van der Waals surface area contributed by atoms with E-state index in [1.807, 2.05) is 4.90 Å². The van der Waals surface area contributed by atoms with Gasteiger partial charge in [-0.3, -0.25) is 9.59 Å². The fourth-order valence-electron chi connectivity index (χ4n) is 2.07. The molecule has 0 aromatic rings. The molecule has 0 atom stereocenters. The molecule has 5 heteroatoms. The van der Waals surface area contributed by atoms with E-state index in [-0.39, 0.29) is 25.0 Å². The van der Waals surface area contributed by atoms with E-state index in [1.165, 1.54) is 0 Å². The van der Waals surface area contributed by atoms with Crippen LogP contribution < -0.4 is 0 Å². The minimum absolute atomic E-state index is 0.0512. The molecule has 1 rings (SSSR count). The van der Waals surface area contributed by atoms with Crippen molar-refractivity contribution in [2.75, 3.05) is 19.7 Å². The highest BCUT2D eigenvalue weighted by molar-refractivity contribution is 5.76. The van der Waals surface area contributed by atoms with Gasteiger partial charge in [0.25, 0.3) is 0 Å². The Morgan fingerprint density at radius 3 is 2.50 bits per heavy atom. The lowest BCUT2D eigenvalue weighted by molar-refractivity contribution is -0.139. The van der Waals surface area contributed by atoms with Crippen LogP contribution in [0.4, 0.5) is 0 Å². The molecule has 1 heterocycles. The summed E-state index contributed by atoms with van der Waals surface area (Å²) in [7, 11) is 0. The van der Waals surface area contributed by atoms with Crippen molar-refractivity contribution in [1.82, 2.24) is 4.90 Å². The lowest BCUT2D eigenvalue weighted by Gasteiger charge is -2.32. The van der Waals surface area contributed by atoms with Crippen LogP contribution in [0, 0.1) is 0 Å². The van der Waals surface area contributed by atoms with E-state index in [9.17, 15) is 9.59 Å². The molecule has 0 unspecified atom stereocenters.